The van der Waals surface area contributed by atoms with Crippen molar-refractivity contribution >= 4 is 23.2 Å². The molecule has 2 aromatic rings. The van der Waals surface area contributed by atoms with E-state index in [1.807, 2.05) is 37.3 Å². The fourth-order valence-corrected chi connectivity index (χ4v) is 2.68. The first kappa shape index (κ1) is 18.9. The van der Waals surface area contributed by atoms with E-state index in [0.717, 1.165) is 5.56 Å². The van der Waals surface area contributed by atoms with Crippen molar-refractivity contribution in [2.75, 3.05) is 19.5 Å². The molecule has 0 saturated carbocycles. The first-order valence-electron chi connectivity index (χ1n) is 7.99. The standard InChI is InChI=1S/C19H23ClN2O3/c1-12(14-8-6-5-7-9-14)22-19(23)13(2)21-16-10-15(20)17(24-3)11-18(16)25-4/h5-13,21H,1-4H3,(H,22,23)/t12-,13-/m1/s1. The van der Waals surface area contributed by atoms with Gasteiger partial charge in [-0.05, 0) is 25.5 Å². The summed E-state index contributed by atoms with van der Waals surface area (Å²) in [5, 5.41) is 6.56. The molecule has 5 nitrogen and oxygen atoms in total. The molecule has 0 spiro atoms. The van der Waals surface area contributed by atoms with Gasteiger partial charge in [0.15, 0.2) is 0 Å². The quantitative estimate of drug-likeness (QED) is 0.780. The third kappa shape index (κ3) is 4.79. The van der Waals surface area contributed by atoms with Crippen LogP contribution < -0.4 is 20.1 Å². The number of amides is 1. The zero-order valence-corrected chi connectivity index (χ0v) is 15.6. The second-order valence-corrected chi connectivity index (χ2v) is 6.10. The van der Waals surface area contributed by atoms with E-state index in [-0.39, 0.29) is 11.9 Å². The third-order valence-electron chi connectivity index (χ3n) is 3.90. The number of carbonyl (C=O) groups is 1. The van der Waals surface area contributed by atoms with Crippen LogP contribution in [0, 0.1) is 0 Å². The average Bonchev–Trinajstić information content (AvgIpc) is 2.62. The van der Waals surface area contributed by atoms with Crippen molar-refractivity contribution in [1.82, 2.24) is 5.32 Å². The van der Waals surface area contributed by atoms with Gasteiger partial charge >= 0.3 is 0 Å². The van der Waals surface area contributed by atoms with Crippen molar-refractivity contribution in [1.29, 1.82) is 0 Å². The molecule has 2 rings (SSSR count). The Morgan fingerprint density at radius 3 is 2.28 bits per heavy atom. The van der Waals surface area contributed by atoms with Gasteiger partial charge in [0.2, 0.25) is 5.91 Å². The van der Waals surface area contributed by atoms with E-state index in [1.165, 1.54) is 7.11 Å². The summed E-state index contributed by atoms with van der Waals surface area (Å²) in [5.41, 5.74) is 1.68. The van der Waals surface area contributed by atoms with Crippen molar-refractivity contribution in [2.24, 2.45) is 0 Å². The summed E-state index contributed by atoms with van der Waals surface area (Å²) < 4.78 is 10.5. The molecule has 0 aliphatic heterocycles. The van der Waals surface area contributed by atoms with Crippen molar-refractivity contribution in [3.05, 3.63) is 53.1 Å². The summed E-state index contributed by atoms with van der Waals surface area (Å²) in [6, 6.07) is 12.6. The van der Waals surface area contributed by atoms with E-state index in [0.29, 0.717) is 22.2 Å². The summed E-state index contributed by atoms with van der Waals surface area (Å²) >= 11 is 6.16. The smallest absolute Gasteiger partial charge is 0.242 e. The van der Waals surface area contributed by atoms with Crippen LogP contribution in [0.5, 0.6) is 11.5 Å². The number of nitrogens with one attached hydrogen (secondary N) is 2. The lowest BCUT2D eigenvalue weighted by atomic mass is 10.1. The molecule has 0 aliphatic carbocycles. The van der Waals surface area contributed by atoms with Crippen molar-refractivity contribution in [3.8, 4) is 11.5 Å². The Hall–Kier alpha value is -2.40. The molecular formula is C19H23ClN2O3. The molecule has 0 bridgehead atoms. The van der Waals surface area contributed by atoms with Crippen molar-refractivity contribution in [2.45, 2.75) is 25.9 Å². The van der Waals surface area contributed by atoms with E-state index in [4.69, 9.17) is 21.1 Å². The molecule has 0 radical (unpaired) electrons. The maximum atomic E-state index is 12.5. The Labute approximate surface area is 153 Å². The molecule has 6 heteroatoms. The largest absolute Gasteiger partial charge is 0.495 e. The second kappa shape index (κ2) is 8.62. The van der Waals surface area contributed by atoms with Crippen molar-refractivity contribution < 1.29 is 14.3 Å². The summed E-state index contributed by atoms with van der Waals surface area (Å²) in [7, 11) is 3.09. The molecule has 1 amide bonds. The van der Waals surface area contributed by atoms with Crippen LogP contribution in [-0.4, -0.2) is 26.2 Å². The van der Waals surface area contributed by atoms with Crippen LogP contribution in [0.3, 0.4) is 0 Å². The number of ether oxygens (including phenoxy) is 2. The van der Waals surface area contributed by atoms with Gasteiger partial charge in [-0.15, -0.1) is 0 Å². The monoisotopic (exact) mass is 362 g/mol. The Morgan fingerprint density at radius 1 is 1.04 bits per heavy atom. The normalized spacial score (nSPS) is 12.8. The highest BCUT2D eigenvalue weighted by Gasteiger charge is 2.18. The van der Waals surface area contributed by atoms with Crippen LogP contribution in [-0.2, 0) is 4.79 Å². The van der Waals surface area contributed by atoms with E-state index >= 15 is 0 Å². The van der Waals surface area contributed by atoms with Gasteiger partial charge in [-0.2, -0.15) is 0 Å². The first-order valence-corrected chi connectivity index (χ1v) is 8.37. The fourth-order valence-electron chi connectivity index (χ4n) is 2.44. The Balaban J connectivity index is 2.07. The van der Waals surface area contributed by atoms with Gasteiger partial charge < -0.3 is 20.1 Å². The van der Waals surface area contributed by atoms with Gasteiger partial charge in [0.05, 0.1) is 31.0 Å². The predicted octanol–water partition coefficient (Wildman–Crippen LogP) is 4.04. The zero-order chi connectivity index (χ0) is 18.4. The number of rotatable bonds is 7. The number of halogens is 1. The van der Waals surface area contributed by atoms with Gasteiger partial charge in [0.25, 0.3) is 0 Å². The Bertz CT molecular complexity index is 722. The van der Waals surface area contributed by atoms with Gasteiger partial charge in [0, 0.05) is 6.07 Å². The Kier molecular flexibility index (Phi) is 6.53. The van der Waals surface area contributed by atoms with Crippen LogP contribution >= 0.6 is 11.6 Å². The molecule has 0 unspecified atom stereocenters. The topological polar surface area (TPSA) is 59.6 Å². The Morgan fingerprint density at radius 2 is 1.68 bits per heavy atom. The molecule has 25 heavy (non-hydrogen) atoms. The molecule has 0 saturated heterocycles. The number of methoxy groups -OCH3 is 2. The maximum Gasteiger partial charge on any atom is 0.242 e. The molecule has 2 aromatic carbocycles. The highest BCUT2D eigenvalue weighted by Crippen LogP contribution is 2.36. The number of hydrogen-bond acceptors (Lipinski definition) is 4. The summed E-state index contributed by atoms with van der Waals surface area (Å²) in [4.78, 5) is 12.5. The lowest BCUT2D eigenvalue weighted by molar-refractivity contribution is -0.122. The van der Waals surface area contributed by atoms with Crippen LogP contribution in [0.1, 0.15) is 25.5 Å². The van der Waals surface area contributed by atoms with E-state index in [2.05, 4.69) is 10.6 Å². The predicted molar refractivity (Wildman–Crippen MR) is 101 cm³/mol. The summed E-state index contributed by atoms with van der Waals surface area (Å²) in [5.74, 6) is 0.946. The third-order valence-corrected chi connectivity index (χ3v) is 4.19. The first-order chi connectivity index (χ1) is 12.0. The summed E-state index contributed by atoms with van der Waals surface area (Å²) in [6.45, 7) is 3.73. The molecule has 0 fully saturated rings. The highest BCUT2D eigenvalue weighted by molar-refractivity contribution is 6.32. The van der Waals surface area contributed by atoms with Crippen molar-refractivity contribution in [3.63, 3.8) is 0 Å². The minimum absolute atomic E-state index is 0.0840. The molecule has 0 aliphatic rings. The van der Waals surface area contributed by atoms with Crippen LogP contribution in [0.4, 0.5) is 5.69 Å². The van der Waals surface area contributed by atoms with Gasteiger partial charge in [0.1, 0.15) is 17.5 Å². The van der Waals surface area contributed by atoms with E-state index < -0.39 is 6.04 Å². The molecule has 0 heterocycles. The van der Waals surface area contributed by atoms with Gasteiger partial charge in [-0.25, -0.2) is 0 Å². The fraction of sp³-hybridized carbons (Fsp3) is 0.316. The average molecular weight is 363 g/mol. The minimum Gasteiger partial charge on any atom is -0.495 e. The number of hydrogen-bond donors (Lipinski definition) is 2. The molecule has 134 valence electrons. The molecule has 0 aromatic heterocycles. The maximum absolute atomic E-state index is 12.5. The van der Waals surface area contributed by atoms with E-state index in [1.54, 1.807) is 26.2 Å². The SMILES string of the molecule is COc1cc(OC)c(N[C@H](C)C(=O)N[C@H](C)c2ccccc2)cc1Cl. The van der Waals surface area contributed by atoms with Gasteiger partial charge in [-0.1, -0.05) is 41.9 Å². The molecule has 2 atom stereocenters. The van der Waals surface area contributed by atoms with E-state index in [9.17, 15) is 4.79 Å². The van der Waals surface area contributed by atoms with Crippen LogP contribution in [0.2, 0.25) is 5.02 Å². The van der Waals surface area contributed by atoms with Gasteiger partial charge in [-0.3, -0.25) is 4.79 Å². The number of anilines is 1. The number of benzene rings is 2. The minimum atomic E-state index is -0.468. The highest BCUT2D eigenvalue weighted by atomic mass is 35.5. The van der Waals surface area contributed by atoms with Crippen LogP contribution in [0.15, 0.2) is 42.5 Å². The second-order valence-electron chi connectivity index (χ2n) is 5.69. The lowest BCUT2D eigenvalue weighted by Gasteiger charge is -2.21. The number of carbonyl (C=O) groups excluding carboxylic acids is 1. The van der Waals surface area contributed by atoms with Crippen LogP contribution in [0.25, 0.3) is 0 Å². The molecule has 2 N–H and O–H groups in total. The molecular weight excluding hydrogens is 340 g/mol. The summed E-state index contributed by atoms with van der Waals surface area (Å²) in [6.07, 6.45) is 0. The lowest BCUT2D eigenvalue weighted by Crippen LogP contribution is -2.38. The zero-order valence-electron chi connectivity index (χ0n) is 14.8.